The van der Waals surface area contributed by atoms with Crippen molar-refractivity contribution in [2.45, 2.75) is 13.0 Å². The van der Waals surface area contributed by atoms with Gasteiger partial charge in [0.05, 0.1) is 27.8 Å². The lowest BCUT2D eigenvalue weighted by Crippen LogP contribution is -3.27. The summed E-state index contributed by atoms with van der Waals surface area (Å²) in [4.78, 5) is 15.9. The Morgan fingerprint density at radius 3 is 2.28 bits per heavy atom. The molecular formula is C23H33N3O3+2. The summed E-state index contributed by atoms with van der Waals surface area (Å²) in [6, 6.07) is 14.2. The fourth-order valence-electron chi connectivity index (χ4n) is 3.92. The molecule has 3 rings (SSSR count). The van der Waals surface area contributed by atoms with Crippen LogP contribution in [0.2, 0.25) is 0 Å². The molecular weight excluding hydrogens is 366 g/mol. The van der Waals surface area contributed by atoms with E-state index >= 15 is 0 Å². The molecule has 0 saturated carbocycles. The van der Waals surface area contributed by atoms with Gasteiger partial charge in [-0.2, -0.15) is 0 Å². The van der Waals surface area contributed by atoms with Crippen molar-refractivity contribution >= 4 is 5.91 Å². The van der Waals surface area contributed by atoms with Crippen LogP contribution in [0, 0.1) is 6.92 Å². The molecule has 1 heterocycles. The molecule has 0 aromatic heterocycles. The molecule has 1 atom stereocenters. The number of carbonyl (C=O) groups excluding carboxylic acids is 1. The number of rotatable bonds is 7. The first-order valence-corrected chi connectivity index (χ1v) is 10.2. The summed E-state index contributed by atoms with van der Waals surface area (Å²) < 4.78 is 10.6. The molecule has 0 radical (unpaired) electrons. The van der Waals surface area contributed by atoms with Crippen LogP contribution in [0.15, 0.2) is 42.5 Å². The molecule has 1 aliphatic heterocycles. The number of benzene rings is 2. The van der Waals surface area contributed by atoms with E-state index in [-0.39, 0.29) is 11.9 Å². The summed E-state index contributed by atoms with van der Waals surface area (Å²) in [7, 11) is 5.41. The SMILES string of the molecule is COc1ccc(C(=O)NC[C@H](c2ccc(C)cc2)[NH+]2CC[NH+](C)CC2)cc1OC. The van der Waals surface area contributed by atoms with Crippen molar-refractivity contribution in [3.8, 4) is 11.5 Å². The Morgan fingerprint density at radius 1 is 1.00 bits per heavy atom. The number of methoxy groups -OCH3 is 2. The standard InChI is InChI=1S/C23H31N3O3/c1-17-5-7-18(8-6-17)20(26-13-11-25(2)12-14-26)16-24-23(27)19-9-10-21(28-3)22(15-19)29-4/h5-10,15,20H,11-14,16H2,1-4H3,(H,24,27)/p+2/t20-/m1/s1. The van der Waals surface area contributed by atoms with Crippen LogP contribution in [-0.2, 0) is 0 Å². The van der Waals surface area contributed by atoms with Gasteiger partial charge in [-0.15, -0.1) is 0 Å². The first-order chi connectivity index (χ1) is 14.0. The van der Waals surface area contributed by atoms with Gasteiger partial charge in [-0.05, 0) is 25.1 Å². The highest BCUT2D eigenvalue weighted by atomic mass is 16.5. The van der Waals surface area contributed by atoms with Crippen LogP contribution < -0.4 is 24.6 Å². The molecule has 6 heteroatoms. The summed E-state index contributed by atoms with van der Waals surface area (Å²) in [6.07, 6.45) is 0. The van der Waals surface area contributed by atoms with Crippen molar-refractivity contribution in [3.05, 3.63) is 59.2 Å². The van der Waals surface area contributed by atoms with Crippen LogP contribution in [0.4, 0.5) is 0 Å². The summed E-state index contributed by atoms with van der Waals surface area (Å²) in [6.45, 7) is 7.23. The quantitative estimate of drug-likeness (QED) is 0.609. The fourth-order valence-corrected chi connectivity index (χ4v) is 3.92. The van der Waals surface area contributed by atoms with Crippen molar-refractivity contribution in [1.29, 1.82) is 0 Å². The predicted octanol–water partition coefficient (Wildman–Crippen LogP) is -0.103. The minimum absolute atomic E-state index is 0.0952. The lowest BCUT2D eigenvalue weighted by atomic mass is 10.0. The number of amides is 1. The number of ether oxygens (including phenoxy) is 2. The van der Waals surface area contributed by atoms with E-state index in [1.54, 1.807) is 37.3 Å². The highest BCUT2D eigenvalue weighted by Gasteiger charge is 2.29. The summed E-state index contributed by atoms with van der Waals surface area (Å²) in [5.74, 6) is 1.08. The maximum Gasteiger partial charge on any atom is 0.251 e. The topological polar surface area (TPSA) is 56.4 Å². The van der Waals surface area contributed by atoms with E-state index in [1.807, 2.05) is 0 Å². The van der Waals surface area contributed by atoms with Crippen molar-refractivity contribution < 1.29 is 24.1 Å². The highest BCUT2D eigenvalue weighted by Crippen LogP contribution is 2.27. The Bertz CT molecular complexity index is 815. The summed E-state index contributed by atoms with van der Waals surface area (Å²) >= 11 is 0. The number of nitrogens with one attached hydrogen (secondary N) is 3. The first kappa shape index (κ1) is 21.1. The molecule has 29 heavy (non-hydrogen) atoms. The third-order valence-electron chi connectivity index (χ3n) is 5.83. The third kappa shape index (κ3) is 5.28. The van der Waals surface area contributed by atoms with Crippen LogP contribution in [0.25, 0.3) is 0 Å². The van der Waals surface area contributed by atoms with Gasteiger partial charge < -0.3 is 24.6 Å². The number of hydrogen-bond donors (Lipinski definition) is 3. The van der Waals surface area contributed by atoms with E-state index in [2.05, 4.69) is 43.6 Å². The monoisotopic (exact) mass is 399 g/mol. The van der Waals surface area contributed by atoms with E-state index in [1.165, 1.54) is 16.0 Å². The second-order valence-electron chi connectivity index (χ2n) is 7.86. The fraction of sp³-hybridized carbons (Fsp3) is 0.435. The molecule has 1 aliphatic rings. The van der Waals surface area contributed by atoms with Crippen molar-refractivity contribution in [2.75, 3.05) is 54.0 Å². The van der Waals surface area contributed by atoms with Gasteiger partial charge in [0.15, 0.2) is 11.5 Å². The van der Waals surface area contributed by atoms with Gasteiger partial charge in [-0.3, -0.25) is 4.79 Å². The number of piperazine rings is 1. The zero-order chi connectivity index (χ0) is 20.8. The molecule has 2 aromatic rings. The molecule has 0 aliphatic carbocycles. The highest BCUT2D eigenvalue weighted by molar-refractivity contribution is 5.94. The van der Waals surface area contributed by atoms with Crippen molar-refractivity contribution in [3.63, 3.8) is 0 Å². The number of hydrogen-bond acceptors (Lipinski definition) is 3. The maximum atomic E-state index is 12.8. The minimum Gasteiger partial charge on any atom is -0.493 e. The van der Waals surface area contributed by atoms with Gasteiger partial charge in [-0.1, -0.05) is 29.8 Å². The average molecular weight is 400 g/mol. The largest absolute Gasteiger partial charge is 0.493 e. The van der Waals surface area contributed by atoms with Crippen molar-refractivity contribution in [2.24, 2.45) is 0 Å². The van der Waals surface area contributed by atoms with Gasteiger partial charge in [-0.25, -0.2) is 0 Å². The summed E-state index contributed by atoms with van der Waals surface area (Å²) in [5, 5.41) is 3.15. The molecule has 1 amide bonds. The number of aryl methyl sites for hydroxylation is 1. The molecule has 0 bridgehead atoms. The molecule has 0 unspecified atom stereocenters. The smallest absolute Gasteiger partial charge is 0.251 e. The van der Waals surface area contributed by atoms with Crippen molar-refractivity contribution in [1.82, 2.24) is 5.32 Å². The lowest BCUT2D eigenvalue weighted by Gasteiger charge is -2.33. The maximum absolute atomic E-state index is 12.8. The second kappa shape index (κ2) is 9.76. The average Bonchev–Trinajstić information content (AvgIpc) is 2.75. The van der Waals surface area contributed by atoms with Gasteiger partial charge >= 0.3 is 0 Å². The number of carbonyl (C=O) groups is 1. The second-order valence-corrected chi connectivity index (χ2v) is 7.86. The van der Waals surface area contributed by atoms with E-state index < -0.39 is 0 Å². The van der Waals surface area contributed by atoms with Gasteiger partial charge in [0.2, 0.25) is 0 Å². The molecule has 1 saturated heterocycles. The number of quaternary nitrogens is 2. The molecule has 1 fully saturated rings. The van der Waals surface area contributed by atoms with Crippen LogP contribution >= 0.6 is 0 Å². The Labute approximate surface area is 173 Å². The van der Waals surface area contributed by atoms with Crippen LogP contribution in [0.1, 0.15) is 27.5 Å². The summed E-state index contributed by atoms with van der Waals surface area (Å²) in [5.41, 5.74) is 3.10. The minimum atomic E-state index is -0.0952. The van der Waals surface area contributed by atoms with Crippen LogP contribution in [0.5, 0.6) is 11.5 Å². The van der Waals surface area contributed by atoms with E-state index in [4.69, 9.17) is 9.47 Å². The van der Waals surface area contributed by atoms with Crippen LogP contribution in [0.3, 0.4) is 0 Å². The third-order valence-corrected chi connectivity index (χ3v) is 5.83. The lowest BCUT2D eigenvalue weighted by molar-refractivity contribution is -1.02. The molecule has 6 nitrogen and oxygen atoms in total. The molecule has 2 aromatic carbocycles. The first-order valence-electron chi connectivity index (χ1n) is 10.2. The van der Waals surface area contributed by atoms with Crippen LogP contribution in [-0.4, -0.2) is 59.9 Å². The van der Waals surface area contributed by atoms with E-state index in [0.717, 1.165) is 26.2 Å². The van der Waals surface area contributed by atoms with Gasteiger partial charge in [0, 0.05) is 11.1 Å². The predicted molar refractivity (Wildman–Crippen MR) is 113 cm³/mol. The zero-order valence-corrected chi connectivity index (χ0v) is 17.9. The number of likely N-dealkylation sites (N-methyl/N-ethyl adjacent to an activating group) is 1. The Kier molecular flexibility index (Phi) is 7.12. The normalized spacial score (nSPS) is 20.0. The van der Waals surface area contributed by atoms with E-state index in [9.17, 15) is 4.79 Å². The van der Waals surface area contributed by atoms with Gasteiger partial charge in [0.1, 0.15) is 32.2 Å². The molecule has 156 valence electrons. The van der Waals surface area contributed by atoms with E-state index in [0.29, 0.717) is 23.6 Å². The Morgan fingerprint density at radius 2 is 1.66 bits per heavy atom. The molecule has 0 spiro atoms. The molecule has 3 N–H and O–H groups in total. The Balaban J connectivity index is 1.74. The zero-order valence-electron chi connectivity index (χ0n) is 17.9. The Hall–Kier alpha value is -2.57. The van der Waals surface area contributed by atoms with Gasteiger partial charge in [0.25, 0.3) is 5.91 Å².